The molecule has 1 aromatic heterocycles. The van der Waals surface area contributed by atoms with Gasteiger partial charge in [0.2, 0.25) is 12.1 Å². The minimum atomic E-state index is -3.08. The van der Waals surface area contributed by atoms with Crippen molar-refractivity contribution in [2.45, 2.75) is 5.75 Å². The summed E-state index contributed by atoms with van der Waals surface area (Å²) in [4.78, 5) is 12.0. The Balaban J connectivity index is 1.91. The first-order chi connectivity index (χ1) is 14.7. The van der Waals surface area contributed by atoms with Crippen LogP contribution < -0.4 is 10.1 Å². The van der Waals surface area contributed by atoms with Gasteiger partial charge >= 0.3 is 0 Å². The molecule has 2 aromatic carbocycles. The predicted molar refractivity (Wildman–Crippen MR) is 110 cm³/mol. The molecule has 0 fully saturated rings. The Hall–Kier alpha value is -3.56. The fourth-order valence-electron chi connectivity index (χ4n) is 2.72. The summed E-state index contributed by atoms with van der Waals surface area (Å²) in [6.07, 6.45) is 3.95. The van der Waals surface area contributed by atoms with Crippen molar-refractivity contribution >= 4 is 21.7 Å². The number of thiol groups is 1. The van der Waals surface area contributed by atoms with Gasteiger partial charge in [0.15, 0.2) is 17.5 Å². The summed E-state index contributed by atoms with van der Waals surface area (Å²) in [5.74, 6) is -2.95. The van der Waals surface area contributed by atoms with E-state index >= 15 is 0 Å². The lowest BCUT2D eigenvalue weighted by Crippen LogP contribution is -2.12. The smallest absolute Gasteiger partial charge is 0.230 e. The minimum absolute atomic E-state index is 0.0820. The molecule has 0 bridgehead atoms. The molecule has 0 saturated carbocycles. The Morgan fingerprint density at radius 1 is 1.19 bits per heavy atom. The van der Waals surface area contributed by atoms with Gasteiger partial charge in [0.1, 0.15) is 17.9 Å². The van der Waals surface area contributed by atoms with E-state index in [1.807, 2.05) is 0 Å². The summed E-state index contributed by atoms with van der Waals surface area (Å²) < 4.78 is 61.0. The molecule has 0 spiro atoms. The second-order valence-corrected chi connectivity index (χ2v) is 9.14. The molecule has 0 radical (unpaired) electrons. The zero-order valence-electron chi connectivity index (χ0n) is 16.3. The summed E-state index contributed by atoms with van der Waals surface area (Å²) in [5.41, 5.74) is 0.0104. The molecule has 12 heteroatoms. The molecular weight excluding hydrogens is 433 g/mol. The van der Waals surface area contributed by atoms with Gasteiger partial charge in [-0.25, -0.2) is 23.1 Å². The van der Waals surface area contributed by atoms with Crippen LogP contribution in [0.4, 0.5) is 24.8 Å². The molecule has 2 N–H and O–H groups in total. The third kappa shape index (κ3) is 5.14. The fourth-order valence-corrected chi connectivity index (χ4v) is 3.87. The Labute approximate surface area is 176 Å². The van der Waals surface area contributed by atoms with Crippen LogP contribution in [0, 0.1) is 28.9 Å². The molecule has 0 aliphatic rings. The van der Waals surface area contributed by atoms with E-state index in [0.717, 1.165) is 12.4 Å². The first-order valence-electron chi connectivity index (χ1n) is 8.70. The van der Waals surface area contributed by atoms with Crippen molar-refractivity contribution in [3.05, 3.63) is 59.7 Å². The van der Waals surface area contributed by atoms with E-state index in [4.69, 9.17) is 10.00 Å². The second-order valence-electron chi connectivity index (χ2n) is 6.45. The van der Waals surface area contributed by atoms with E-state index in [9.17, 15) is 17.7 Å². The molecule has 8 nitrogen and oxygen atoms in total. The summed E-state index contributed by atoms with van der Waals surface area (Å²) in [6, 6.07) is 6.31. The molecule has 0 saturated heterocycles. The molecule has 1 heterocycles. The Morgan fingerprint density at radius 3 is 2.68 bits per heavy atom. The van der Waals surface area contributed by atoms with E-state index in [1.165, 1.54) is 43.8 Å². The van der Waals surface area contributed by atoms with E-state index in [0.29, 0.717) is 5.56 Å². The molecule has 0 amide bonds. The molecule has 31 heavy (non-hydrogen) atoms. The second kappa shape index (κ2) is 9.07. The van der Waals surface area contributed by atoms with Crippen molar-refractivity contribution < 1.29 is 22.5 Å². The van der Waals surface area contributed by atoms with Crippen molar-refractivity contribution in [2.24, 2.45) is 4.36 Å². The van der Waals surface area contributed by atoms with Crippen LogP contribution in [0.5, 0.6) is 5.75 Å². The van der Waals surface area contributed by atoms with Gasteiger partial charge in [-0.05, 0) is 24.5 Å². The van der Waals surface area contributed by atoms with Gasteiger partial charge in [-0.3, -0.25) is 0 Å². The summed E-state index contributed by atoms with van der Waals surface area (Å²) in [6.45, 7) is 0. The maximum atomic E-state index is 14.6. The number of halogens is 3. The first kappa shape index (κ1) is 22.1. The van der Waals surface area contributed by atoms with Crippen molar-refractivity contribution in [1.82, 2.24) is 15.0 Å². The van der Waals surface area contributed by atoms with Crippen LogP contribution >= 0.6 is 0 Å². The normalized spacial score (nSPS) is 11.5. The average molecular weight is 450 g/mol. The number of hydrogen-bond acceptors (Lipinski definition) is 7. The van der Waals surface area contributed by atoms with Crippen LogP contribution in [0.15, 0.2) is 41.0 Å². The third-order valence-corrected chi connectivity index (χ3v) is 5.58. The number of benzene rings is 2. The number of nitrogens with one attached hydrogen (secondary N) is 1. The molecule has 0 unspecified atom stereocenters. The number of rotatable bonds is 6. The van der Waals surface area contributed by atoms with Gasteiger partial charge in [-0.15, -0.1) is 4.36 Å². The lowest BCUT2D eigenvalue weighted by Gasteiger charge is -2.17. The van der Waals surface area contributed by atoms with E-state index < -0.39 is 27.6 Å². The number of hydrogen-bond donors (Lipinski definition) is 3. The van der Waals surface area contributed by atoms with Crippen molar-refractivity contribution in [1.29, 1.82) is 5.26 Å². The quantitative estimate of drug-likeness (QED) is 0.386. The number of nitrogens with zero attached hydrogens (tertiary/aromatic N) is 5. The van der Waals surface area contributed by atoms with E-state index in [-0.39, 0.29) is 34.5 Å². The van der Waals surface area contributed by atoms with Gasteiger partial charge in [0.05, 0.1) is 18.4 Å². The zero-order chi connectivity index (χ0) is 22.6. The predicted octanol–water partition coefficient (Wildman–Crippen LogP) is 3.86. The molecule has 162 valence electrons. The van der Waals surface area contributed by atoms with Crippen LogP contribution in [0.1, 0.15) is 5.56 Å². The number of anilines is 2. The monoisotopic (exact) mass is 450 g/mol. The van der Waals surface area contributed by atoms with Gasteiger partial charge < -0.3 is 14.6 Å². The molecule has 3 aromatic rings. The largest absolute Gasteiger partial charge is 0.496 e. The number of methoxy groups -OCH3 is 1. The standard InChI is InChI=1S/C19H17F3N6O2S/c1-30-15-7-12(20)4-5-13(15)18-24-10-25-19(28-18)27-14-6-3-11(16(21)17(14)22)8-31(2,29)26-9-23/h3-7,10,31H,8H2,1-2H3,(H,26,29)(H,24,25,27,28). The topological polar surface area (TPSA) is 116 Å². The highest BCUT2D eigenvalue weighted by molar-refractivity contribution is 7.98. The van der Waals surface area contributed by atoms with Gasteiger partial charge in [-0.2, -0.15) is 10.2 Å². The lowest BCUT2D eigenvalue weighted by atomic mass is 10.2. The Morgan fingerprint density at radius 2 is 1.97 bits per heavy atom. The lowest BCUT2D eigenvalue weighted by molar-refractivity contribution is 0.412. The van der Waals surface area contributed by atoms with Crippen LogP contribution in [0.2, 0.25) is 0 Å². The maximum Gasteiger partial charge on any atom is 0.230 e. The number of aromatic nitrogens is 3. The fraction of sp³-hybridized carbons (Fsp3) is 0.158. The SMILES string of the molecule is COc1cc(F)ccc1-c1ncnc(Nc2ccc(C[SH](C)(O)=NC#N)c(F)c2F)n1. The molecule has 0 aliphatic heterocycles. The van der Waals surface area contributed by atoms with Crippen LogP contribution in [0.3, 0.4) is 0 Å². The minimum Gasteiger partial charge on any atom is -0.496 e. The third-order valence-electron chi connectivity index (χ3n) is 4.12. The van der Waals surface area contributed by atoms with Gasteiger partial charge in [0, 0.05) is 17.4 Å². The summed E-state index contributed by atoms with van der Waals surface area (Å²) in [5, 5.41) is 11.2. The summed E-state index contributed by atoms with van der Waals surface area (Å²) >= 11 is 0. The maximum absolute atomic E-state index is 14.6. The Bertz CT molecular complexity index is 1230. The summed E-state index contributed by atoms with van der Waals surface area (Å²) in [7, 11) is -1.72. The molecule has 0 aliphatic carbocycles. The van der Waals surface area contributed by atoms with E-state index in [1.54, 1.807) is 0 Å². The van der Waals surface area contributed by atoms with Crippen LogP contribution in [0.25, 0.3) is 11.4 Å². The van der Waals surface area contributed by atoms with Gasteiger partial charge in [-0.1, -0.05) is 16.2 Å². The highest BCUT2D eigenvalue weighted by Crippen LogP contribution is 2.29. The van der Waals surface area contributed by atoms with Crippen molar-refractivity contribution in [3.63, 3.8) is 0 Å². The Kier molecular flexibility index (Phi) is 6.47. The molecular formula is C19H17F3N6O2S. The highest BCUT2D eigenvalue weighted by atomic mass is 32.3. The zero-order valence-corrected chi connectivity index (χ0v) is 17.2. The van der Waals surface area contributed by atoms with E-state index in [2.05, 4.69) is 24.6 Å². The van der Waals surface area contributed by atoms with Crippen molar-refractivity contribution in [2.75, 3.05) is 18.7 Å². The first-order valence-corrected chi connectivity index (χ1v) is 11.0. The average Bonchev–Trinajstić information content (AvgIpc) is 2.73. The molecule has 3 rings (SSSR count). The van der Waals surface area contributed by atoms with Crippen molar-refractivity contribution in [3.8, 4) is 23.3 Å². The number of ether oxygens (including phenoxy) is 1. The van der Waals surface area contributed by atoms with Crippen LogP contribution in [-0.2, 0) is 15.9 Å². The van der Waals surface area contributed by atoms with Gasteiger partial charge in [0.25, 0.3) is 0 Å². The highest BCUT2D eigenvalue weighted by Gasteiger charge is 2.18. The number of nitriles is 1. The van der Waals surface area contributed by atoms with Crippen LogP contribution in [-0.4, -0.2) is 32.9 Å². The molecule has 0 atom stereocenters.